The summed E-state index contributed by atoms with van der Waals surface area (Å²) in [4.78, 5) is 9.13. The van der Waals surface area contributed by atoms with Gasteiger partial charge in [-0.2, -0.15) is 5.10 Å². The van der Waals surface area contributed by atoms with Crippen molar-refractivity contribution in [3.63, 3.8) is 0 Å². The summed E-state index contributed by atoms with van der Waals surface area (Å²) in [6.07, 6.45) is 10.9. The van der Waals surface area contributed by atoms with E-state index in [0.29, 0.717) is 10.9 Å². The second kappa shape index (κ2) is 8.49. The van der Waals surface area contributed by atoms with Crippen molar-refractivity contribution in [2.45, 2.75) is 32.9 Å². The van der Waals surface area contributed by atoms with Crippen LogP contribution in [0.25, 0.3) is 11.1 Å². The number of hydrogen-bond acceptors (Lipinski definition) is 5. The minimum absolute atomic E-state index is 0.173. The van der Waals surface area contributed by atoms with E-state index < -0.39 is 0 Å². The number of aryl methyl sites for hydroxylation is 2. The molecule has 1 aromatic carbocycles. The zero-order valence-electron chi connectivity index (χ0n) is 16.4. The van der Waals surface area contributed by atoms with Crippen LogP contribution in [0.5, 0.6) is 0 Å². The highest BCUT2D eigenvalue weighted by atomic mass is 35.5. The number of nitrogens with one attached hydrogen (secondary N) is 3. The standard InChI is InChI=1S/C22H23ClN6/c1-3-21(23)22-28-14(2)27-19-8-15(10-24-13-19)4-5-16-9-18(29-22)6-7-20(16)17-11-25-26-12-17/h3,6-14,27H,4-5H2,1-2H3,(H,25,26)(H,28,29)/b21-3+. The Bertz CT molecular complexity index is 1050. The summed E-state index contributed by atoms with van der Waals surface area (Å²) in [5.41, 5.74) is 6.51. The van der Waals surface area contributed by atoms with Gasteiger partial charge in [0.05, 0.1) is 23.1 Å². The highest BCUT2D eigenvalue weighted by Crippen LogP contribution is 2.28. The van der Waals surface area contributed by atoms with Gasteiger partial charge in [-0.05, 0) is 61.6 Å². The number of hydrogen-bond donors (Lipinski definition) is 3. The molecule has 1 aliphatic heterocycles. The molecule has 148 valence electrons. The lowest BCUT2D eigenvalue weighted by molar-refractivity contribution is 0.850. The molecule has 6 nitrogen and oxygen atoms in total. The molecule has 3 N–H and O–H groups in total. The van der Waals surface area contributed by atoms with E-state index in [4.69, 9.17) is 16.6 Å². The van der Waals surface area contributed by atoms with Crippen LogP contribution in [-0.2, 0) is 12.8 Å². The first-order valence-corrected chi connectivity index (χ1v) is 9.99. The number of amidine groups is 1. The van der Waals surface area contributed by atoms with E-state index in [1.54, 1.807) is 0 Å². The van der Waals surface area contributed by atoms with Crippen LogP contribution in [0.15, 0.2) is 65.2 Å². The zero-order chi connectivity index (χ0) is 20.2. The van der Waals surface area contributed by atoms with Crippen LogP contribution >= 0.6 is 11.6 Å². The van der Waals surface area contributed by atoms with Crippen LogP contribution in [0.3, 0.4) is 0 Å². The van der Waals surface area contributed by atoms with Gasteiger partial charge in [0, 0.05) is 23.6 Å². The second-order valence-corrected chi connectivity index (χ2v) is 7.41. The molecule has 0 amide bonds. The SMILES string of the molecule is C/C=C(Cl)\C1=N/C(C)Nc2cncc(c2)CCc2cc(ccc2-c2cn[nH]c2)N1. The molecule has 0 aliphatic carbocycles. The van der Waals surface area contributed by atoms with Crippen LogP contribution in [0, 0.1) is 0 Å². The summed E-state index contributed by atoms with van der Waals surface area (Å²) < 4.78 is 0. The quantitative estimate of drug-likeness (QED) is 0.560. The fraction of sp³-hybridized carbons (Fsp3) is 0.227. The molecule has 1 atom stereocenters. The van der Waals surface area contributed by atoms with Crippen molar-refractivity contribution in [2.24, 2.45) is 4.99 Å². The molecule has 4 rings (SSSR count). The number of anilines is 2. The number of allylic oxidation sites excluding steroid dienone is 1. The fourth-order valence-electron chi connectivity index (χ4n) is 3.43. The molecule has 1 unspecified atom stereocenters. The first-order chi connectivity index (χ1) is 14.1. The molecule has 0 radical (unpaired) electrons. The number of nitrogens with zero attached hydrogens (tertiary/aromatic N) is 3. The molecule has 4 bridgehead atoms. The predicted molar refractivity (Wildman–Crippen MR) is 119 cm³/mol. The lowest BCUT2D eigenvalue weighted by Gasteiger charge is -2.16. The van der Waals surface area contributed by atoms with Crippen molar-refractivity contribution < 1.29 is 0 Å². The highest BCUT2D eigenvalue weighted by molar-refractivity contribution is 6.44. The Morgan fingerprint density at radius 1 is 1.14 bits per heavy atom. The monoisotopic (exact) mass is 406 g/mol. The fourth-order valence-corrected chi connectivity index (χ4v) is 3.53. The maximum Gasteiger partial charge on any atom is 0.146 e. The molecule has 1 aliphatic rings. The number of pyridine rings is 1. The molecular weight excluding hydrogens is 384 g/mol. The van der Waals surface area contributed by atoms with Crippen LogP contribution in [0.4, 0.5) is 11.4 Å². The van der Waals surface area contributed by atoms with Gasteiger partial charge in [0.25, 0.3) is 0 Å². The smallest absolute Gasteiger partial charge is 0.146 e. The number of aromatic amines is 1. The molecule has 29 heavy (non-hydrogen) atoms. The van der Waals surface area contributed by atoms with Crippen molar-refractivity contribution in [1.82, 2.24) is 15.2 Å². The Hall–Kier alpha value is -3.12. The minimum Gasteiger partial charge on any atom is -0.363 e. The van der Waals surface area contributed by atoms with E-state index in [0.717, 1.165) is 35.3 Å². The van der Waals surface area contributed by atoms with Crippen molar-refractivity contribution >= 4 is 28.8 Å². The molecule has 7 heteroatoms. The van der Waals surface area contributed by atoms with Gasteiger partial charge in [0.1, 0.15) is 12.0 Å². The molecule has 0 saturated heterocycles. The van der Waals surface area contributed by atoms with E-state index >= 15 is 0 Å². The topological polar surface area (TPSA) is 78.0 Å². The summed E-state index contributed by atoms with van der Waals surface area (Å²) in [5, 5.41) is 14.3. The number of aliphatic imine (C=N–C) groups is 1. The van der Waals surface area contributed by atoms with E-state index in [9.17, 15) is 0 Å². The Morgan fingerprint density at radius 3 is 2.83 bits per heavy atom. The van der Waals surface area contributed by atoms with Crippen molar-refractivity contribution in [1.29, 1.82) is 0 Å². The van der Waals surface area contributed by atoms with Gasteiger partial charge in [-0.25, -0.2) is 4.99 Å². The van der Waals surface area contributed by atoms with Gasteiger partial charge in [-0.1, -0.05) is 23.7 Å². The average molecular weight is 407 g/mol. The molecule has 0 spiro atoms. The lowest BCUT2D eigenvalue weighted by Crippen LogP contribution is -2.20. The minimum atomic E-state index is -0.173. The zero-order valence-corrected chi connectivity index (χ0v) is 17.2. The third-order valence-corrected chi connectivity index (χ3v) is 5.23. The summed E-state index contributed by atoms with van der Waals surface area (Å²) >= 11 is 6.44. The van der Waals surface area contributed by atoms with Gasteiger partial charge < -0.3 is 10.6 Å². The Labute approximate surface area is 175 Å². The van der Waals surface area contributed by atoms with Gasteiger partial charge in [0.2, 0.25) is 0 Å². The number of H-pyrrole nitrogens is 1. The van der Waals surface area contributed by atoms with Crippen LogP contribution in [0.1, 0.15) is 25.0 Å². The van der Waals surface area contributed by atoms with Crippen LogP contribution in [0.2, 0.25) is 0 Å². The first kappa shape index (κ1) is 19.2. The van der Waals surface area contributed by atoms with Crippen molar-refractivity contribution in [2.75, 3.05) is 10.6 Å². The van der Waals surface area contributed by atoms with E-state index in [1.807, 2.05) is 50.8 Å². The predicted octanol–water partition coefficient (Wildman–Crippen LogP) is 4.98. The number of fused-ring (bicyclic) bond motifs is 4. The highest BCUT2D eigenvalue weighted by Gasteiger charge is 2.13. The Balaban J connectivity index is 1.81. The summed E-state index contributed by atoms with van der Waals surface area (Å²) in [6.45, 7) is 3.88. The number of rotatable bonds is 2. The number of benzene rings is 1. The van der Waals surface area contributed by atoms with Gasteiger partial charge >= 0.3 is 0 Å². The third-order valence-electron chi connectivity index (χ3n) is 4.83. The lowest BCUT2D eigenvalue weighted by atomic mass is 9.96. The van der Waals surface area contributed by atoms with Gasteiger partial charge in [0.15, 0.2) is 0 Å². The van der Waals surface area contributed by atoms with Gasteiger partial charge in [-0.3, -0.25) is 10.1 Å². The Kier molecular flexibility index (Phi) is 5.62. The van der Waals surface area contributed by atoms with Crippen LogP contribution < -0.4 is 10.6 Å². The van der Waals surface area contributed by atoms with E-state index in [1.165, 1.54) is 11.1 Å². The molecular formula is C22H23ClN6. The molecule has 0 saturated carbocycles. The van der Waals surface area contributed by atoms with Crippen LogP contribution in [-0.4, -0.2) is 27.2 Å². The maximum absolute atomic E-state index is 6.44. The molecule has 3 aromatic rings. The van der Waals surface area contributed by atoms with E-state index in [2.05, 4.69) is 44.0 Å². The summed E-state index contributed by atoms with van der Waals surface area (Å²) in [7, 11) is 0. The number of halogens is 1. The first-order valence-electron chi connectivity index (χ1n) is 9.62. The summed E-state index contributed by atoms with van der Waals surface area (Å²) in [5.74, 6) is 0.625. The second-order valence-electron chi connectivity index (χ2n) is 7.00. The normalized spacial score (nSPS) is 18.9. The third kappa shape index (κ3) is 4.49. The maximum atomic E-state index is 6.44. The van der Waals surface area contributed by atoms with E-state index in [-0.39, 0.29) is 6.17 Å². The Morgan fingerprint density at radius 2 is 2.03 bits per heavy atom. The average Bonchev–Trinajstić information content (AvgIpc) is 3.25. The van der Waals surface area contributed by atoms with Crippen molar-refractivity contribution in [3.05, 3.63) is 71.3 Å². The largest absolute Gasteiger partial charge is 0.363 e. The number of aromatic nitrogens is 3. The summed E-state index contributed by atoms with van der Waals surface area (Å²) in [6, 6.07) is 8.44. The molecule has 3 heterocycles. The van der Waals surface area contributed by atoms with Gasteiger partial charge in [-0.15, -0.1) is 0 Å². The molecule has 0 fully saturated rings. The molecule has 2 aromatic heterocycles. The van der Waals surface area contributed by atoms with Crippen molar-refractivity contribution in [3.8, 4) is 11.1 Å².